The Balaban J connectivity index is 2.04. The molecule has 0 saturated carbocycles. The van der Waals surface area contributed by atoms with Crippen molar-refractivity contribution < 1.29 is 9.18 Å². The van der Waals surface area contributed by atoms with Crippen molar-refractivity contribution in [3.8, 4) is 5.69 Å². The van der Waals surface area contributed by atoms with Crippen molar-refractivity contribution in [3.05, 3.63) is 36.7 Å². The first-order valence-electron chi connectivity index (χ1n) is 6.50. The number of hydrogen-bond donors (Lipinski definition) is 1. The van der Waals surface area contributed by atoms with Crippen molar-refractivity contribution in [3.63, 3.8) is 0 Å². The molecule has 20 heavy (non-hydrogen) atoms. The number of nitrogens with one attached hydrogen (secondary N) is 1. The van der Waals surface area contributed by atoms with Gasteiger partial charge in [-0.3, -0.25) is 4.79 Å². The average Bonchev–Trinajstić information content (AvgIpc) is 2.90. The van der Waals surface area contributed by atoms with Gasteiger partial charge in [0.25, 0.3) is 0 Å². The summed E-state index contributed by atoms with van der Waals surface area (Å²) in [4.78, 5) is 15.4. The number of benzene rings is 1. The maximum atomic E-state index is 13.9. The Labute approximate surface area is 116 Å². The number of hydrogen-bond acceptors (Lipinski definition) is 3. The lowest BCUT2D eigenvalue weighted by molar-refractivity contribution is -0.116. The van der Waals surface area contributed by atoms with E-state index in [1.807, 2.05) is 0 Å². The van der Waals surface area contributed by atoms with Crippen LogP contribution < -0.4 is 5.32 Å². The summed E-state index contributed by atoms with van der Waals surface area (Å²) in [6.07, 6.45) is 4.00. The van der Waals surface area contributed by atoms with Gasteiger partial charge < -0.3 is 5.32 Å². The predicted octanol–water partition coefficient (Wildman–Crippen LogP) is 2.78. The van der Waals surface area contributed by atoms with Gasteiger partial charge in [0.1, 0.15) is 18.3 Å². The van der Waals surface area contributed by atoms with Crippen molar-refractivity contribution in [2.45, 2.75) is 26.7 Å². The summed E-state index contributed by atoms with van der Waals surface area (Å²) < 4.78 is 15.3. The molecule has 6 heteroatoms. The van der Waals surface area contributed by atoms with Crippen molar-refractivity contribution >= 4 is 11.6 Å². The molecule has 1 amide bonds. The van der Waals surface area contributed by atoms with Crippen molar-refractivity contribution in [2.24, 2.45) is 5.92 Å². The minimum Gasteiger partial charge on any atom is -0.326 e. The van der Waals surface area contributed by atoms with Crippen LogP contribution in [0.25, 0.3) is 5.69 Å². The van der Waals surface area contributed by atoms with Crippen LogP contribution in [0.3, 0.4) is 0 Å². The van der Waals surface area contributed by atoms with E-state index >= 15 is 0 Å². The lowest BCUT2D eigenvalue weighted by atomic mass is 10.1. The van der Waals surface area contributed by atoms with Crippen LogP contribution in [0.2, 0.25) is 0 Å². The van der Waals surface area contributed by atoms with E-state index in [-0.39, 0.29) is 5.91 Å². The van der Waals surface area contributed by atoms with Crippen LogP contribution in [0.1, 0.15) is 26.7 Å². The van der Waals surface area contributed by atoms with Gasteiger partial charge in [0, 0.05) is 12.1 Å². The van der Waals surface area contributed by atoms with E-state index in [4.69, 9.17) is 0 Å². The third-order valence-electron chi connectivity index (χ3n) is 2.85. The minimum absolute atomic E-state index is 0.105. The molecular weight excluding hydrogens is 259 g/mol. The molecular formula is C14H17FN4O. The highest BCUT2D eigenvalue weighted by atomic mass is 19.1. The molecule has 0 unspecified atom stereocenters. The quantitative estimate of drug-likeness (QED) is 0.913. The normalized spacial score (nSPS) is 10.8. The van der Waals surface area contributed by atoms with Crippen molar-refractivity contribution in [1.29, 1.82) is 0 Å². The van der Waals surface area contributed by atoms with Crippen LogP contribution in [0.4, 0.5) is 10.1 Å². The average molecular weight is 276 g/mol. The molecule has 0 spiro atoms. The summed E-state index contributed by atoms with van der Waals surface area (Å²) in [5.74, 6) is -0.101. The first-order valence-corrected chi connectivity index (χ1v) is 6.50. The Morgan fingerprint density at radius 1 is 1.45 bits per heavy atom. The molecule has 1 aromatic carbocycles. The molecule has 0 bridgehead atoms. The molecule has 106 valence electrons. The summed E-state index contributed by atoms with van der Waals surface area (Å²) in [5, 5.41) is 6.55. The highest BCUT2D eigenvalue weighted by Crippen LogP contribution is 2.17. The summed E-state index contributed by atoms with van der Waals surface area (Å²) >= 11 is 0. The Kier molecular flexibility index (Phi) is 4.45. The van der Waals surface area contributed by atoms with Crippen molar-refractivity contribution in [2.75, 3.05) is 5.32 Å². The van der Waals surface area contributed by atoms with E-state index in [2.05, 4.69) is 29.2 Å². The third kappa shape index (κ3) is 3.63. The van der Waals surface area contributed by atoms with Gasteiger partial charge in [-0.1, -0.05) is 13.8 Å². The van der Waals surface area contributed by atoms with E-state index in [1.54, 1.807) is 12.1 Å². The number of rotatable bonds is 5. The first-order chi connectivity index (χ1) is 9.56. The second kappa shape index (κ2) is 6.27. The zero-order valence-electron chi connectivity index (χ0n) is 11.5. The molecule has 0 aliphatic carbocycles. The topological polar surface area (TPSA) is 59.8 Å². The molecule has 0 aliphatic heterocycles. The maximum Gasteiger partial charge on any atom is 0.224 e. The number of anilines is 1. The highest BCUT2D eigenvalue weighted by Gasteiger charge is 2.09. The van der Waals surface area contributed by atoms with Gasteiger partial charge in [-0.05, 0) is 30.5 Å². The Bertz CT molecular complexity index is 581. The third-order valence-corrected chi connectivity index (χ3v) is 2.85. The minimum atomic E-state index is -0.461. The molecule has 0 fully saturated rings. The number of carbonyl (C=O) groups is 1. The van der Waals surface area contributed by atoms with Crippen molar-refractivity contribution in [1.82, 2.24) is 14.8 Å². The molecule has 2 aromatic rings. The molecule has 0 radical (unpaired) electrons. The Morgan fingerprint density at radius 3 is 2.85 bits per heavy atom. The predicted molar refractivity (Wildman–Crippen MR) is 74.0 cm³/mol. The maximum absolute atomic E-state index is 13.9. The van der Waals surface area contributed by atoms with E-state index in [9.17, 15) is 9.18 Å². The fourth-order valence-electron chi connectivity index (χ4n) is 1.75. The molecule has 0 saturated heterocycles. The molecule has 1 heterocycles. The van der Waals surface area contributed by atoms with Crippen LogP contribution in [-0.2, 0) is 4.79 Å². The number of carbonyl (C=O) groups excluding carboxylic acids is 1. The lowest BCUT2D eigenvalue weighted by Gasteiger charge is -2.08. The first kappa shape index (κ1) is 14.2. The van der Waals surface area contributed by atoms with Gasteiger partial charge in [-0.15, -0.1) is 0 Å². The van der Waals surface area contributed by atoms with E-state index < -0.39 is 5.82 Å². The smallest absolute Gasteiger partial charge is 0.224 e. The lowest BCUT2D eigenvalue weighted by Crippen LogP contribution is -2.12. The van der Waals surface area contributed by atoms with Gasteiger partial charge in [-0.25, -0.2) is 14.1 Å². The van der Waals surface area contributed by atoms with Crippen LogP contribution in [-0.4, -0.2) is 20.7 Å². The fourth-order valence-corrected chi connectivity index (χ4v) is 1.75. The summed E-state index contributed by atoms with van der Waals surface area (Å²) in [6, 6.07) is 4.49. The fraction of sp³-hybridized carbons (Fsp3) is 0.357. The van der Waals surface area contributed by atoms with Crippen LogP contribution in [0.15, 0.2) is 30.9 Å². The van der Waals surface area contributed by atoms with E-state index in [0.717, 1.165) is 6.42 Å². The molecule has 5 nitrogen and oxygen atoms in total. The van der Waals surface area contributed by atoms with Gasteiger partial charge in [0.15, 0.2) is 5.82 Å². The molecule has 1 aromatic heterocycles. The zero-order valence-corrected chi connectivity index (χ0v) is 11.5. The number of aromatic nitrogens is 3. The monoisotopic (exact) mass is 276 g/mol. The van der Waals surface area contributed by atoms with E-state index in [1.165, 1.54) is 23.4 Å². The van der Waals surface area contributed by atoms with Crippen LogP contribution in [0.5, 0.6) is 0 Å². The van der Waals surface area contributed by atoms with Gasteiger partial charge in [0.05, 0.1) is 0 Å². The molecule has 0 atom stereocenters. The summed E-state index contributed by atoms with van der Waals surface area (Å²) in [6.45, 7) is 4.11. The standard InChI is InChI=1S/C14H17FN4O/c1-10(2)3-6-14(20)18-11-4-5-13(12(15)7-11)19-9-16-8-17-19/h4-5,7-10H,3,6H2,1-2H3,(H,18,20). The Hall–Kier alpha value is -2.24. The second-order valence-corrected chi connectivity index (χ2v) is 4.99. The van der Waals surface area contributed by atoms with Gasteiger partial charge >= 0.3 is 0 Å². The molecule has 2 rings (SSSR count). The zero-order chi connectivity index (χ0) is 14.5. The number of amides is 1. The second-order valence-electron chi connectivity index (χ2n) is 4.99. The molecule has 1 N–H and O–H groups in total. The highest BCUT2D eigenvalue weighted by molar-refractivity contribution is 5.90. The number of nitrogens with zero attached hydrogens (tertiary/aromatic N) is 3. The molecule has 0 aliphatic rings. The van der Waals surface area contributed by atoms with Gasteiger partial charge in [0.2, 0.25) is 5.91 Å². The summed E-state index contributed by atoms with van der Waals surface area (Å²) in [5.41, 5.74) is 0.739. The largest absolute Gasteiger partial charge is 0.326 e. The summed E-state index contributed by atoms with van der Waals surface area (Å²) in [7, 11) is 0. The van der Waals surface area contributed by atoms with Crippen LogP contribution in [0, 0.1) is 11.7 Å². The van der Waals surface area contributed by atoms with Crippen LogP contribution >= 0.6 is 0 Å². The number of halogens is 1. The SMILES string of the molecule is CC(C)CCC(=O)Nc1ccc(-n2cncn2)c(F)c1. The Morgan fingerprint density at radius 2 is 2.25 bits per heavy atom. The van der Waals surface area contributed by atoms with E-state index in [0.29, 0.717) is 23.7 Å². The van der Waals surface area contributed by atoms with Gasteiger partial charge in [-0.2, -0.15) is 5.10 Å².